The number of nitrogens with zero attached hydrogens (tertiary/aromatic N) is 6. The lowest BCUT2D eigenvalue weighted by Crippen LogP contribution is -2.28. The van der Waals surface area contributed by atoms with E-state index in [1.165, 1.54) is 62.7 Å². The Labute approximate surface area is 544 Å². The summed E-state index contributed by atoms with van der Waals surface area (Å²) < 4.78 is 5.98. The van der Waals surface area contributed by atoms with Crippen molar-refractivity contribution in [3.05, 3.63) is 158 Å². The van der Waals surface area contributed by atoms with Crippen molar-refractivity contribution in [1.82, 2.24) is 28.7 Å². The molecule has 0 spiro atoms. The number of hydrogen-bond donors (Lipinski definition) is 3. The van der Waals surface area contributed by atoms with Crippen molar-refractivity contribution < 1.29 is 44.1 Å². The monoisotopic (exact) mass is 1420 g/mol. The van der Waals surface area contributed by atoms with Gasteiger partial charge in [-0.15, -0.1) is 0 Å². The van der Waals surface area contributed by atoms with Crippen molar-refractivity contribution in [1.29, 1.82) is 0 Å². The fourth-order valence-corrected chi connectivity index (χ4v) is 14.7. The van der Waals surface area contributed by atoms with E-state index in [-0.39, 0.29) is 55.9 Å². The summed E-state index contributed by atoms with van der Waals surface area (Å²) in [5.41, 5.74) is 6.69. The lowest BCUT2D eigenvalue weighted by atomic mass is 9.95. The first-order valence-corrected chi connectivity index (χ1v) is 32.9. The minimum Gasteiger partial charge on any atom is -0.481 e. The van der Waals surface area contributed by atoms with Gasteiger partial charge in [-0.2, -0.15) is 0 Å². The minimum atomic E-state index is -0.968. The van der Waals surface area contributed by atoms with Crippen LogP contribution >= 0.6 is 83.1 Å². The predicted octanol–water partition coefficient (Wildman–Crippen LogP) is 17.3. The Kier molecular flexibility index (Phi) is 23.0. The lowest BCUT2D eigenvalue weighted by molar-refractivity contribution is -0.139. The fourth-order valence-electron chi connectivity index (χ4n) is 9.72. The highest BCUT2D eigenvalue weighted by Gasteiger charge is 2.34. The van der Waals surface area contributed by atoms with E-state index in [1.807, 2.05) is 97.7 Å². The molecular weight excluding hydrogens is 1360 g/mol. The second kappa shape index (κ2) is 29.3. The average molecular weight is 1430 g/mol. The van der Waals surface area contributed by atoms with E-state index in [0.717, 1.165) is 58.8 Å². The number of carboxylic acid groups (broad SMARTS) is 3. The third-order valence-corrected chi connectivity index (χ3v) is 19.9. The van der Waals surface area contributed by atoms with E-state index in [1.54, 1.807) is 18.6 Å². The highest BCUT2D eigenvalue weighted by atomic mass is 79.9. The Morgan fingerprint density at radius 3 is 1.11 bits per heavy atom. The highest BCUT2D eigenvalue weighted by molar-refractivity contribution is 9.11. The van der Waals surface area contributed by atoms with Crippen LogP contribution in [0.5, 0.6) is 0 Å². The Morgan fingerprint density at radius 1 is 0.448 bits per heavy atom. The number of rotatable bonds is 23. The Morgan fingerprint density at radius 2 is 0.759 bits per heavy atom. The molecule has 87 heavy (non-hydrogen) atoms. The summed E-state index contributed by atoms with van der Waals surface area (Å²) in [7, 11) is 0. The number of aryl methyl sites for hydroxylation is 2. The van der Waals surface area contributed by atoms with Crippen LogP contribution in [0, 0.1) is 6.92 Å². The average Bonchev–Trinajstić information content (AvgIpc) is 1.91. The largest absolute Gasteiger partial charge is 0.481 e. The van der Waals surface area contributed by atoms with Crippen LogP contribution < -0.4 is 0 Å². The molecule has 6 aromatic carbocycles. The van der Waals surface area contributed by atoms with Gasteiger partial charge in [0.1, 0.15) is 31.2 Å². The zero-order chi connectivity index (χ0) is 63.7. The topological polar surface area (TPSA) is 217 Å². The smallest absolute Gasteiger partial charge is 0.303 e. The number of halogens is 3. The molecule has 0 amide bonds. The van der Waals surface area contributed by atoms with Crippen LogP contribution in [-0.4, -0.2) is 93.5 Å². The number of carbonyl (C=O) groups is 6. The first-order valence-electron chi connectivity index (χ1n) is 28.1. The maximum absolute atomic E-state index is 12.6. The number of carboxylic acids is 3. The van der Waals surface area contributed by atoms with Crippen molar-refractivity contribution in [3.8, 4) is 17.1 Å². The molecule has 0 fully saturated rings. The summed E-state index contributed by atoms with van der Waals surface area (Å²) in [5.74, 6) is -2.84. The second-order valence-electron chi connectivity index (χ2n) is 22.3. The van der Waals surface area contributed by atoms with Crippen molar-refractivity contribution in [3.63, 3.8) is 0 Å². The van der Waals surface area contributed by atoms with E-state index < -0.39 is 32.1 Å². The number of aromatic nitrogens is 6. The van der Waals surface area contributed by atoms with Gasteiger partial charge in [-0.05, 0) is 160 Å². The maximum Gasteiger partial charge on any atom is 0.303 e. The zero-order valence-corrected chi connectivity index (χ0v) is 57.2. The molecule has 0 bridgehead atoms. The molecule has 0 atom stereocenters. The van der Waals surface area contributed by atoms with E-state index >= 15 is 0 Å². The van der Waals surface area contributed by atoms with E-state index in [9.17, 15) is 28.8 Å². The Hall–Kier alpha value is -6.36. The van der Waals surface area contributed by atoms with Crippen molar-refractivity contribution in [2.75, 3.05) is 0 Å². The van der Waals surface area contributed by atoms with Crippen molar-refractivity contribution >= 4 is 151 Å². The molecule has 0 aliphatic heterocycles. The molecule has 9 aromatic rings. The minimum absolute atomic E-state index is 0.00320. The maximum atomic E-state index is 12.6. The molecule has 15 nitrogen and oxygen atoms in total. The molecule has 3 N–H and O–H groups in total. The molecule has 456 valence electrons. The standard InChI is InChI=1S/C23H25BrN2O3S.C22H23BrN2O3S.C21H21BrN2O3S/c1-14(2)15-9-10-18(17-8-6-5-7-16(15)17)26-20(24)13-25-22(26)30-23(3,4)19(27)11-12-21(28)29;1-4-14-9-10-17(16-8-6-5-7-15(14)16)25-19(23)13-24-21(25)29-22(2,3)18(26)11-12-20(27)28;1-13-8-9-16(15-7-5-4-6-14(13)15)24-18(22)12-23-20(24)28-21(2,3)17(25)10-11-19(26)27/h5-10,13-14H,11-12H2,1-4H3,(H,28,29);5-10,13H,4,11-12H2,1-3H3,(H,27,28);4-9,12H,10-11H2,1-3H3,(H,26,27). The van der Waals surface area contributed by atoms with Crippen LogP contribution in [0.15, 0.2) is 157 Å². The summed E-state index contributed by atoms with van der Waals surface area (Å²) in [6.07, 6.45) is 5.64. The number of aliphatic carboxylic acids is 3. The highest BCUT2D eigenvalue weighted by Crippen LogP contribution is 2.42. The molecule has 21 heteroatoms. The Balaban J connectivity index is 0.000000187. The lowest BCUT2D eigenvalue weighted by Gasteiger charge is -2.23. The molecule has 3 heterocycles. The van der Waals surface area contributed by atoms with E-state index in [0.29, 0.717) is 21.4 Å². The molecule has 0 radical (unpaired) electrons. The van der Waals surface area contributed by atoms with Gasteiger partial charge in [0, 0.05) is 35.4 Å². The van der Waals surface area contributed by atoms with Crippen LogP contribution in [0.3, 0.4) is 0 Å². The predicted molar refractivity (Wildman–Crippen MR) is 360 cm³/mol. The number of ketones is 3. The van der Waals surface area contributed by atoms with E-state index in [2.05, 4.69) is 157 Å². The van der Waals surface area contributed by atoms with Gasteiger partial charge in [-0.25, -0.2) is 15.0 Å². The quantitative estimate of drug-likeness (QED) is 0.0508. The number of carbonyl (C=O) groups excluding carboxylic acids is 3. The molecular formula is C66H69Br3N6O9S3. The summed E-state index contributed by atoms with van der Waals surface area (Å²) in [6.45, 7) is 19.5. The number of benzene rings is 6. The van der Waals surface area contributed by atoms with Gasteiger partial charge in [-0.3, -0.25) is 42.5 Å². The van der Waals surface area contributed by atoms with Crippen LogP contribution in [-0.2, 0) is 35.2 Å². The summed E-state index contributed by atoms with van der Waals surface area (Å²) in [5, 5.41) is 35.5. The van der Waals surface area contributed by atoms with E-state index in [4.69, 9.17) is 15.3 Å². The van der Waals surface area contributed by atoms with Crippen molar-refractivity contribution in [2.24, 2.45) is 0 Å². The van der Waals surface area contributed by atoms with Crippen molar-refractivity contribution in [2.45, 2.75) is 150 Å². The molecule has 3 aromatic heterocycles. The molecule has 9 rings (SSSR count). The van der Waals surface area contributed by atoms with Gasteiger partial charge in [0.25, 0.3) is 0 Å². The SMILES string of the molecule is CC(C)c1ccc(-n2c(Br)cnc2SC(C)(C)C(=O)CCC(=O)O)c2ccccc12.CCc1ccc(-n2c(Br)cnc2SC(C)(C)C(=O)CCC(=O)O)c2ccccc12.Cc1ccc(-n2c(Br)cnc2SC(C)(C)C(=O)CCC(=O)O)c2ccccc12. The third-order valence-electron chi connectivity index (χ3n) is 14.6. The second-order valence-corrected chi connectivity index (χ2v) is 29.6. The summed E-state index contributed by atoms with van der Waals surface area (Å²) >= 11 is 14.8. The van der Waals surface area contributed by atoms with Gasteiger partial charge >= 0.3 is 17.9 Å². The molecule has 0 aliphatic carbocycles. The van der Waals surface area contributed by atoms with Gasteiger partial charge in [0.2, 0.25) is 0 Å². The van der Waals surface area contributed by atoms with Crippen LogP contribution in [0.4, 0.5) is 0 Å². The van der Waals surface area contributed by atoms with Gasteiger partial charge in [0.15, 0.2) is 15.5 Å². The zero-order valence-electron chi connectivity index (χ0n) is 50.0. The number of Topliss-reactive ketones (excluding diaryl/α,β-unsaturated/α-hetero) is 3. The first-order chi connectivity index (χ1) is 41.1. The Bertz CT molecular complexity index is 4060. The van der Waals surface area contributed by atoms with Crippen LogP contribution in [0.1, 0.15) is 123 Å². The molecule has 0 aliphatic rings. The summed E-state index contributed by atoms with van der Waals surface area (Å²) in [4.78, 5) is 83.8. The molecule has 0 saturated carbocycles. The summed E-state index contributed by atoms with van der Waals surface area (Å²) in [6, 6.07) is 37.3. The number of thioether (sulfide) groups is 3. The van der Waals surface area contributed by atoms with Crippen LogP contribution in [0.25, 0.3) is 49.4 Å². The van der Waals surface area contributed by atoms with Gasteiger partial charge < -0.3 is 15.3 Å². The molecule has 0 saturated heterocycles. The first kappa shape index (κ1) is 68.1. The molecule has 0 unspecified atom stereocenters. The normalized spacial score (nSPS) is 11.8. The number of imidazole rings is 3. The van der Waals surface area contributed by atoms with Gasteiger partial charge in [0.05, 0.1) is 69.2 Å². The fraction of sp³-hybridized carbons (Fsp3) is 0.318. The number of hydrogen-bond acceptors (Lipinski definition) is 12. The third kappa shape index (κ3) is 16.5. The number of fused-ring (bicyclic) bond motifs is 3. The van der Waals surface area contributed by atoms with Gasteiger partial charge in [-0.1, -0.05) is 147 Å². The van der Waals surface area contributed by atoms with Crippen LogP contribution in [0.2, 0.25) is 0 Å².